The Hall–Kier alpha value is -2.95. The number of amides is 1. The minimum Gasteiger partial charge on any atom is -0.384 e. The van der Waals surface area contributed by atoms with E-state index in [0.29, 0.717) is 12.2 Å². The molecule has 1 saturated heterocycles. The standard InChI is InChI=1S/C28H34N4O3/c1-16-23-7-8-24(35-23)17(2)28(16,34)19-5-6-22(32-26(33)25-30-15-20(14-29)31-25)21(13-19)18-9-11-27(3,4)12-10-18/h5-9,13,16-17,20,23-24,34H,10-12,15H2,1-4H3,(H,30,31)(H,32,33). The molecule has 35 heavy (non-hydrogen) atoms. The third-order valence-electron chi connectivity index (χ3n) is 8.34. The molecule has 3 aliphatic heterocycles. The predicted octanol–water partition coefficient (Wildman–Crippen LogP) is 3.91. The molecule has 2 bridgehead atoms. The van der Waals surface area contributed by atoms with Gasteiger partial charge in [-0.25, -0.2) is 4.99 Å². The molecule has 3 heterocycles. The highest BCUT2D eigenvalue weighted by atomic mass is 16.5. The van der Waals surface area contributed by atoms with Crippen LogP contribution in [0.4, 0.5) is 5.69 Å². The molecule has 1 aromatic rings. The number of amidine groups is 1. The number of nitrogens with one attached hydrogen (secondary N) is 2. The minimum atomic E-state index is -1.06. The summed E-state index contributed by atoms with van der Waals surface area (Å²) in [6.45, 7) is 8.96. The normalized spacial score (nSPS) is 35.0. The molecule has 1 fully saturated rings. The second kappa shape index (κ2) is 8.61. The fourth-order valence-corrected chi connectivity index (χ4v) is 5.83. The van der Waals surface area contributed by atoms with Crippen LogP contribution in [0.3, 0.4) is 0 Å². The number of nitrogens with zero attached hydrogens (tertiary/aromatic N) is 2. The van der Waals surface area contributed by atoms with Crippen molar-refractivity contribution < 1.29 is 14.6 Å². The molecule has 5 atom stereocenters. The van der Waals surface area contributed by atoms with Gasteiger partial charge in [0.2, 0.25) is 0 Å². The second-order valence-corrected chi connectivity index (χ2v) is 11.2. The van der Waals surface area contributed by atoms with Gasteiger partial charge in [-0.1, -0.05) is 52.0 Å². The first kappa shape index (κ1) is 23.8. The van der Waals surface area contributed by atoms with Crippen LogP contribution in [0.5, 0.6) is 0 Å². The van der Waals surface area contributed by atoms with Gasteiger partial charge in [0.05, 0.1) is 24.8 Å². The van der Waals surface area contributed by atoms with Crippen LogP contribution in [0, 0.1) is 28.6 Å². The van der Waals surface area contributed by atoms with Crippen LogP contribution in [0.2, 0.25) is 0 Å². The highest BCUT2D eigenvalue weighted by molar-refractivity contribution is 6.42. The highest BCUT2D eigenvalue weighted by Crippen LogP contribution is 2.50. The number of allylic oxidation sites excluding steroid dienone is 2. The first-order valence-corrected chi connectivity index (χ1v) is 12.5. The minimum absolute atomic E-state index is 0.111. The lowest BCUT2D eigenvalue weighted by Gasteiger charge is -2.47. The van der Waals surface area contributed by atoms with E-state index in [-0.39, 0.29) is 41.2 Å². The molecule has 184 valence electrons. The number of aliphatic imine (C=N–C) groups is 1. The monoisotopic (exact) mass is 474 g/mol. The molecule has 0 spiro atoms. The van der Waals surface area contributed by atoms with Crippen molar-refractivity contribution in [2.45, 2.75) is 70.8 Å². The summed E-state index contributed by atoms with van der Waals surface area (Å²) in [5, 5.41) is 27.1. The molecule has 1 amide bonds. The number of rotatable bonds is 4. The third kappa shape index (κ3) is 4.09. The van der Waals surface area contributed by atoms with E-state index in [9.17, 15) is 9.90 Å². The predicted molar refractivity (Wildman–Crippen MR) is 136 cm³/mol. The smallest absolute Gasteiger partial charge is 0.290 e. The van der Waals surface area contributed by atoms with E-state index in [1.807, 2.05) is 26.0 Å². The quantitative estimate of drug-likeness (QED) is 0.574. The number of carbonyl (C=O) groups excluding carboxylic acids is 1. The lowest BCUT2D eigenvalue weighted by molar-refractivity contribution is -0.187. The van der Waals surface area contributed by atoms with Crippen molar-refractivity contribution in [1.29, 1.82) is 5.26 Å². The zero-order chi connectivity index (χ0) is 25.0. The number of benzene rings is 1. The molecule has 5 rings (SSSR count). The summed E-state index contributed by atoms with van der Waals surface area (Å²) >= 11 is 0. The maximum atomic E-state index is 13.0. The average Bonchev–Trinajstić information content (AvgIpc) is 3.51. The first-order valence-electron chi connectivity index (χ1n) is 12.5. The van der Waals surface area contributed by atoms with E-state index in [0.717, 1.165) is 30.4 Å². The number of fused-ring (bicyclic) bond motifs is 2. The Kier molecular flexibility index (Phi) is 5.85. The number of ether oxygens (including phenoxy) is 1. The van der Waals surface area contributed by atoms with Crippen molar-refractivity contribution in [3.05, 3.63) is 47.6 Å². The maximum absolute atomic E-state index is 13.0. The summed E-state index contributed by atoms with van der Waals surface area (Å²) in [6.07, 6.45) is 9.07. The van der Waals surface area contributed by atoms with Crippen molar-refractivity contribution in [3.8, 4) is 6.07 Å². The molecule has 1 aliphatic carbocycles. The average molecular weight is 475 g/mol. The fraction of sp³-hybridized carbons (Fsp3) is 0.536. The van der Waals surface area contributed by atoms with E-state index >= 15 is 0 Å². The summed E-state index contributed by atoms with van der Waals surface area (Å²) in [5.41, 5.74) is 2.83. The molecule has 7 nitrogen and oxygen atoms in total. The van der Waals surface area contributed by atoms with Gasteiger partial charge in [-0.2, -0.15) is 5.26 Å². The van der Waals surface area contributed by atoms with Gasteiger partial charge in [0, 0.05) is 23.1 Å². The lowest BCUT2D eigenvalue weighted by atomic mass is 9.68. The second-order valence-electron chi connectivity index (χ2n) is 11.2. The number of nitriles is 1. The summed E-state index contributed by atoms with van der Waals surface area (Å²) < 4.78 is 6.08. The molecule has 0 radical (unpaired) electrons. The number of carbonyl (C=O) groups is 1. The molecule has 1 aromatic carbocycles. The van der Waals surface area contributed by atoms with Crippen LogP contribution in [0.15, 0.2) is 41.4 Å². The molecule has 7 heteroatoms. The van der Waals surface area contributed by atoms with E-state index < -0.39 is 11.6 Å². The van der Waals surface area contributed by atoms with E-state index in [4.69, 9.17) is 10.00 Å². The summed E-state index contributed by atoms with van der Waals surface area (Å²) in [4.78, 5) is 17.1. The van der Waals surface area contributed by atoms with Crippen molar-refractivity contribution in [3.63, 3.8) is 0 Å². The highest BCUT2D eigenvalue weighted by Gasteiger charge is 2.53. The molecule has 0 aromatic heterocycles. The van der Waals surface area contributed by atoms with Gasteiger partial charge < -0.3 is 20.5 Å². The molecule has 0 saturated carbocycles. The Morgan fingerprint density at radius 3 is 2.57 bits per heavy atom. The van der Waals surface area contributed by atoms with Gasteiger partial charge in [-0.3, -0.25) is 4.79 Å². The topological polar surface area (TPSA) is 107 Å². The largest absolute Gasteiger partial charge is 0.384 e. The summed E-state index contributed by atoms with van der Waals surface area (Å²) in [5.74, 6) is -0.402. The summed E-state index contributed by atoms with van der Waals surface area (Å²) in [6, 6.07) is 7.39. The van der Waals surface area contributed by atoms with Gasteiger partial charge in [0.1, 0.15) is 5.60 Å². The third-order valence-corrected chi connectivity index (χ3v) is 8.34. The Bertz CT molecular complexity index is 1160. The zero-order valence-electron chi connectivity index (χ0n) is 20.8. The lowest BCUT2D eigenvalue weighted by Crippen LogP contribution is -2.53. The summed E-state index contributed by atoms with van der Waals surface area (Å²) in [7, 11) is 0. The van der Waals surface area contributed by atoms with Crippen molar-refractivity contribution in [2.24, 2.45) is 22.2 Å². The molecular weight excluding hydrogens is 440 g/mol. The van der Waals surface area contributed by atoms with Crippen molar-refractivity contribution in [1.82, 2.24) is 5.32 Å². The fourth-order valence-electron chi connectivity index (χ4n) is 5.83. The SMILES string of the molecule is CC1C2C=CC(O2)C(C)C1(O)c1ccc(NC(=O)C2=NC(C#N)CN2)c(C2=CCC(C)(C)CC2)c1. The van der Waals surface area contributed by atoms with Crippen LogP contribution in [-0.2, 0) is 15.1 Å². The van der Waals surface area contributed by atoms with Crippen molar-refractivity contribution >= 4 is 23.0 Å². The van der Waals surface area contributed by atoms with Gasteiger partial charge in [0.25, 0.3) is 5.91 Å². The van der Waals surface area contributed by atoms with Crippen molar-refractivity contribution in [2.75, 3.05) is 11.9 Å². The van der Waals surface area contributed by atoms with Crippen LogP contribution < -0.4 is 10.6 Å². The van der Waals surface area contributed by atoms with Gasteiger partial charge in [-0.05, 0) is 47.9 Å². The molecule has 3 N–H and O–H groups in total. The van der Waals surface area contributed by atoms with E-state index in [1.54, 1.807) is 0 Å². The molecule has 5 unspecified atom stereocenters. The Morgan fingerprint density at radius 2 is 1.97 bits per heavy atom. The molecular formula is C28H34N4O3. The van der Waals surface area contributed by atoms with Gasteiger partial charge in [0.15, 0.2) is 11.9 Å². The van der Waals surface area contributed by atoms with Crippen LogP contribution in [-0.4, -0.2) is 41.6 Å². The first-order chi connectivity index (χ1) is 16.6. The van der Waals surface area contributed by atoms with E-state index in [1.165, 1.54) is 5.57 Å². The van der Waals surface area contributed by atoms with Crippen LogP contribution in [0.1, 0.15) is 58.1 Å². The van der Waals surface area contributed by atoms with E-state index in [2.05, 4.69) is 59.8 Å². The number of anilines is 1. The van der Waals surface area contributed by atoms with Gasteiger partial charge in [-0.15, -0.1) is 0 Å². The zero-order valence-corrected chi connectivity index (χ0v) is 20.8. The van der Waals surface area contributed by atoms with Crippen LogP contribution in [0.25, 0.3) is 5.57 Å². The number of hydrogen-bond acceptors (Lipinski definition) is 6. The number of hydrogen-bond donors (Lipinski definition) is 3. The Balaban J connectivity index is 1.53. The van der Waals surface area contributed by atoms with Gasteiger partial charge >= 0.3 is 0 Å². The molecule has 4 aliphatic rings. The Morgan fingerprint density at radius 1 is 1.26 bits per heavy atom. The number of aliphatic hydroxyl groups is 1. The maximum Gasteiger partial charge on any atom is 0.290 e. The van der Waals surface area contributed by atoms with Crippen LogP contribution >= 0.6 is 0 Å². The Labute approximate surface area is 207 Å².